The van der Waals surface area contributed by atoms with Gasteiger partial charge >= 0.3 is 0 Å². The number of nitrogens with zero attached hydrogens (tertiary/aromatic N) is 1. The topological polar surface area (TPSA) is 24.5 Å². The number of hydrogen-bond donors (Lipinski definition) is 1. The maximum absolute atomic E-state index is 5.31. The molecule has 1 aromatic carbocycles. The van der Waals surface area contributed by atoms with Gasteiger partial charge in [-0.3, -0.25) is 4.90 Å². The average molecular weight is 355 g/mol. The van der Waals surface area contributed by atoms with Gasteiger partial charge in [-0.15, -0.1) is 0 Å². The summed E-state index contributed by atoms with van der Waals surface area (Å²) in [5.74, 6) is 0.899. The number of unbranched alkanes of at least 4 members (excludes halogenated alkanes) is 1. The van der Waals surface area contributed by atoms with Crippen molar-refractivity contribution in [3.8, 4) is 5.75 Å². The maximum atomic E-state index is 5.31. The Kier molecular flexibility index (Phi) is 7.00. The third kappa shape index (κ3) is 5.28. The van der Waals surface area contributed by atoms with Gasteiger partial charge in [-0.1, -0.05) is 19.4 Å². The van der Waals surface area contributed by atoms with Gasteiger partial charge in [-0.05, 0) is 66.0 Å². The predicted molar refractivity (Wildman–Crippen MR) is 91.9 cm³/mol. The lowest BCUT2D eigenvalue weighted by Crippen LogP contribution is -2.37. The lowest BCUT2D eigenvalue weighted by atomic mass is 10.1. The molecule has 0 spiro atoms. The van der Waals surface area contributed by atoms with E-state index in [0.29, 0.717) is 6.04 Å². The number of hydrogen-bond acceptors (Lipinski definition) is 3. The minimum Gasteiger partial charge on any atom is -0.496 e. The van der Waals surface area contributed by atoms with Gasteiger partial charge in [-0.25, -0.2) is 0 Å². The zero-order chi connectivity index (χ0) is 15.1. The van der Waals surface area contributed by atoms with Crippen LogP contribution in [0.25, 0.3) is 0 Å². The van der Waals surface area contributed by atoms with Crippen LogP contribution in [-0.2, 0) is 6.54 Å². The highest BCUT2D eigenvalue weighted by Gasteiger charge is 2.18. The molecule has 2 rings (SSSR count). The molecule has 0 aliphatic carbocycles. The summed E-state index contributed by atoms with van der Waals surface area (Å²) in [7, 11) is 1.71. The summed E-state index contributed by atoms with van der Waals surface area (Å²) in [6, 6.07) is 7.07. The lowest BCUT2D eigenvalue weighted by molar-refractivity contribution is 0.237. The van der Waals surface area contributed by atoms with Crippen molar-refractivity contribution < 1.29 is 4.74 Å². The van der Waals surface area contributed by atoms with Crippen LogP contribution in [-0.4, -0.2) is 37.7 Å². The second-order valence-electron chi connectivity index (χ2n) is 5.85. The monoisotopic (exact) mass is 354 g/mol. The molecule has 1 aliphatic heterocycles. The summed E-state index contributed by atoms with van der Waals surface area (Å²) in [5, 5.41) is 3.61. The molecule has 0 saturated carbocycles. The van der Waals surface area contributed by atoms with Crippen molar-refractivity contribution >= 4 is 15.9 Å². The van der Waals surface area contributed by atoms with E-state index < -0.39 is 0 Å². The van der Waals surface area contributed by atoms with Crippen molar-refractivity contribution in [1.82, 2.24) is 10.2 Å². The molecule has 0 aromatic heterocycles. The van der Waals surface area contributed by atoms with Crippen molar-refractivity contribution in [3.05, 3.63) is 28.2 Å². The summed E-state index contributed by atoms with van der Waals surface area (Å²) in [5.41, 5.74) is 1.34. The van der Waals surface area contributed by atoms with E-state index in [9.17, 15) is 0 Å². The Morgan fingerprint density at radius 1 is 1.43 bits per heavy atom. The fourth-order valence-electron chi connectivity index (χ4n) is 2.91. The van der Waals surface area contributed by atoms with E-state index in [-0.39, 0.29) is 0 Å². The zero-order valence-electron chi connectivity index (χ0n) is 13.2. The molecule has 1 aromatic rings. The number of rotatable bonds is 8. The van der Waals surface area contributed by atoms with Crippen LogP contribution in [0.2, 0.25) is 0 Å². The molecule has 118 valence electrons. The summed E-state index contributed by atoms with van der Waals surface area (Å²) < 4.78 is 6.35. The lowest BCUT2D eigenvalue weighted by Gasteiger charge is -2.26. The first-order valence-electron chi connectivity index (χ1n) is 8.01. The molecule has 1 heterocycles. The van der Waals surface area contributed by atoms with E-state index in [1.165, 1.54) is 44.3 Å². The Morgan fingerprint density at radius 2 is 2.29 bits per heavy atom. The molecule has 3 nitrogen and oxygen atoms in total. The molecule has 1 unspecified atom stereocenters. The molecule has 21 heavy (non-hydrogen) atoms. The Hall–Kier alpha value is -0.580. The van der Waals surface area contributed by atoms with E-state index in [2.05, 4.69) is 45.2 Å². The van der Waals surface area contributed by atoms with Gasteiger partial charge in [0.1, 0.15) is 5.75 Å². The van der Waals surface area contributed by atoms with Gasteiger partial charge in [0.2, 0.25) is 0 Å². The van der Waals surface area contributed by atoms with Crippen molar-refractivity contribution in [1.29, 1.82) is 0 Å². The van der Waals surface area contributed by atoms with Crippen LogP contribution < -0.4 is 10.1 Å². The highest BCUT2D eigenvalue weighted by atomic mass is 79.9. The van der Waals surface area contributed by atoms with Gasteiger partial charge in [0.05, 0.1) is 11.6 Å². The number of methoxy groups -OCH3 is 1. The van der Waals surface area contributed by atoms with Crippen molar-refractivity contribution in [2.24, 2.45) is 0 Å². The maximum Gasteiger partial charge on any atom is 0.133 e. The third-order valence-corrected chi connectivity index (χ3v) is 4.71. The van der Waals surface area contributed by atoms with Crippen molar-refractivity contribution in [3.63, 3.8) is 0 Å². The second kappa shape index (κ2) is 8.76. The van der Waals surface area contributed by atoms with E-state index in [0.717, 1.165) is 23.3 Å². The summed E-state index contributed by atoms with van der Waals surface area (Å²) >= 11 is 3.58. The van der Waals surface area contributed by atoms with Gasteiger partial charge in [0.15, 0.2) is 0 Å². The predicted octanol–water partition coefficient (Wildman–Crippen LogP) is 3.81. The van der Waals surface area contributed by atoms with Gasteiger partial charge < -0.3 is 10.1 Å². The van der Waals surface area contributed by atoms with Crippen molar-refractivity contribution in [2.45, 2.75) is 45.2 Å². The Balaban J connectivity index is 1.97. The first-order valence-corrected chi connectivity index (χ1v) is 8.80. The highest BCUT2D eigenvalue weighted by Crippen LogP contribution is 2.26. The zero-order valence-corrected chi connectivity index (χ0v) is 14.8. The molecule has 0 radical (unpaired) electrons. The van der Waals surface area contributed by atoms with Crippen molar-refractivity contribution in [2.75, 3.05) is 26.7 Å². The van der Waals surface area contributed by atoms with Crippen LogP contribution in [0.4, 0.5) is 0 Å². The van der Waals surface area contributed by atoms with E-state index in [4.69, 9.17) is 4.74 Å². The Labute approximate surface area is 137 Å². The molecule has 1 aliphatic rings. The van der Waals surface area contributed by atoms with Crippen LogP contribution >= 0.6 is 15.9 Å². The normalized spacial score (nSPS) is 18.4. The second-order valence-corrected chi connectivity index (χ2v) is 6.71. The van der Waals surface area contributed by atoms with Crippen LogP contribution in [0.5, 0.6) is 5.75 Å². The molecule has 4 heteroatoms. The first-order chi connectivity index (χ1) is 10.2. The Morgan fingerprint density at radius 3 is 2.90 bits per heavy atom. The highest BCUT2D eigenvalue weighted by molar-refractivity contribution is 9.10. The molecule has 1 N–H and O–H groups in total. The minimum atomic E-state index is 0.670. The molecular formula is C17H27BrN2O. The SMILES string of the molecule is CCCCN(Cc1ccc(OC)c(Br)c1)CC1CCCN1. The quantitative estimate of drug-likeness (QED) is 0.767. The molecular weight excluding hydrogens is 328 g/mol. The van der Waals surface area contributed by atoms with Gasteiger partial charge in [-0.2, -0.15) is 0 Å². The molecule has 1 atom stereocenters. The fraction of sp³-hybridized carbons (Fsp3) is 0.647. The molecule has 0 amide bonds. The smallest absolute Gasteiger partial charge is 0.133 e. The number of benzene rings is 1. The van der Waals surface area contributed by atoms with Crippen LogP contribution in [0.15, 0.2) is 22.7 Å². The summed E-state index contributed by atoms with van der Waals surface area (Å²) in [4.78, 5) is 2.58. The number of halogens is 1. The fourth-order valence-corrected chi connectivity index (χ4v) is 3.50. The third-order valence-electron chi connectivity index (χ3n) is 4.09. The number of nitrogens with one attached hydrogen (secondary N) is 1. The molecule has 1 fully saturated rings. The largest absolute Gasteiger partial charge is 0.496 e. The standard InChI is InChI=1S/C17H27BrN2O/c1-3-4-10-20(13-15-6-5-9-19-15)12-14-7-8-17(21-2)16(18)11-14/h7-8,11,15,19H,3-6,9-10,12-13H2,1-2H3. The summed E-state index contributed by atoms with van der Waals surface area (Å²) in [6.07, 6.45) is 5.15. The first kappa shape index (κ1) is 16.8. The average Bonchev–Trinajstić information content (AvgIpc) is 2.98. The van der Waals surface area contributed by atoms with Crippen LogP contribution in [0.3, 0.4) is 0 Å². The Bertz CT molecular complexity index is 433. The molecule has 1 saturated heterocycles. The molecule has 0 bridgehead atoms. The summed E-state index contributed by atoms with van der Waals surface area (Å²) in [6.45, 7) is 6.79. The minimum absolute atomic E-state index is 0.670. The van der Waals surface area contributed by atoms with Crippen LogP contribution in [0, 0.1) is 0 Å². The number of ether oxygens (including phenoxy) is 1. The van der Waals surface area contributed by atoms with E-state index >= 15 is 0 Å². The van der Waals surface area contributed by atoms with Crippen LogP contribution in [0.1, 0.15) is 38.2 Å². The van der Waals surface area contributed by atoms with Gasteiger partial charge in [0.25, 0.3) is 0 Å². The van der Waals surface area contributed by atoms with E-state index in [1.54, 1.807) is 7.11 Å². The van der Waals surface area contributed by atoms with Gasteiger partial charge in [0, 0.05) is 19.1 Å². The van der Waals surface area contributed by atoms with E-state index in [1.807, 2.05) is 6.07 Å².